The third-order valence-corrected chi connectivity index (χ3v) is 5.61. The van der Waals surface area contributed by atoms with Gasteiger partial charge < -0.3 is 4.74 Å². The molecule has 156 valence electrons. The molecule has 0 radical (unpaired) electrons. The summed E-state index contributed by atoms with van der Waals surface area (Å²) in [6.45, 7) is 3.00. The van der Waals surface area contributed by atoms with Crippen LogP contribution < -0.4 is 4.74 Å². The second-order valence-corrected chi connectivity index (χ2v) is 7.95. The molecule has 3 aromatic rings. The first-order valence-electron chi connectivity index (χ1n) is 10.8. The Morgan fingerprint density at radius 3 is 2.23 bits per heavy atom. The summed E-state index contributed by atoms with van der Waals surface area (Å²) in [6, 6.07) is 21.6. The molecule has 0 amide bonds. The van der Waals surface area contributed by atoms with Gasteiger partial charge in [-0.2, -0.15) is 0 Å². The molecule has 0 spiro atoms. The number of aldehydes is 1. The molecule has 3 aromatic carbocycles. The molecular weight excluding hydrogens is 392 g/mol. The van der Waals surface area contributed by atoms with Crippen molar-refractivity contribution in [3.63, 3.8) is 0 Å². The fourth-order valence-corrected chi connectivity index (χ4v) is 3.86. The molecule has 0 atom stereocenters. The third kappa shape index (κ3) is 5.96. The second kappa shape index (κ2) is 11.6. The van der Waals surface area contributed by atoms with Crippen LogP contribution in [0.25, 0.3) is 22.3 Å². The number of carbonyl (C=O) groups is 1. The molecule has 0 aliphatic heterocycles. The summed E-state index contributed by atoms with van der Waals surface area (Å²) in [4.78, 5) is 11.3. The fraction of sp³-hybridized carbons (Fsp3) is 0.296. The van der Waals surface area contributed by atoms with E-state index in [0.717, 1.165) is 47.3 Å². The minimum atomic E-state index is 0.630. The van der Waals surface area contributed by atoms with Crippen molar-refractivity contribution >= 4 is 17.9 Å². The van der Waals surface area contributed by atoms with Crippen molar-refractivity contribution in [3.8, 4) is 28.0 Å². The number of unbranched alkanes of at least 4 members (excludes halogenated alkanes) is 5. The lowest BCUT2D eigenvalue weighted by atomic mass is 9.97. The van der Waals surface area contributed by atoms with Crippen LogP contribution in [0.2, 0.25) is 5.02 Å². The van der Waals surface area contributed by atoms with Gasteiger partial charge in [-0.15, -0.1) is 0 Å². The topological polar surface area (TPSA) is 26.3 Å². The van der Waals surface area contributed by atoms with Crippen molar-refractivity contribution in [1.82, 2.24) is 0 Å². The molecule has 0 saturated carbocycles. The SMILES string of the molecule is CCCCCCCCOc1ccc(-c2ccc(-c3ccccc3C=O)c(Cl)c2)cc1. The standard InChI is InChI=1S/C27H29ClO2/c1-2-3-4-5-6-9-18-30-24-15-12-21(13-16-24)22-14-17-26(27(28)19-22)25-11-8-7-10-23(25)20-29/h7-8,10-17,19-20H,2-6,9,18H2,1H3. The van der Waals surface area contributed by atoms with Crippen molar-refractivity contribution in [3.05, 3.63) is 77.3 Å². The van der Waals surface area contributed by atoms with E-state index in [1.807, 2.05) is 48.5 Å². The highest BCUT2D eigenvalue weighted by molar-refractivity contribution is 6.33. The van der Waals surface area contributed by atoms with Gasteiger partial charge in [-0.05, 0) is 41.3 Å². The van der Waals surface area contributed by atoms with Crippen LogP contribution in [0.5, 0.6) is 5.75 Å². The highest BCUT2D eigenvalue weighted by Crippen LogP contribution is 2.34. The maximum atomic E-state index is 11.3. The Morgan fingerprint density at radius 2 is 1.50 bits per heavy atom. The molecule has 0 aliphatic rings. The predicted octanol–water partition coefficient (Wildman–Crippen LogP) is 8.23. The number of hydrogen-bond acceptors (Lipinski definition) is 2. The number of ether oxygens (including phenoxy) is 1. The van der Waals surface area contributed by atoms with Gasteiger partial charge in [0.2, 0.25) is 0 Å². The highest BCUT2D eigenvalue weighted by Gasteiger charge is 2.09. The van der Waals surface area contributed by atoms with Gasteiger partial charge in [0.05, 0.1) is 6.61 Å². The maximum Gasteiger partial charge on any atom is 0.150 e. The van der Waals surface area contributed by atoms with Crippen LogP contribution in [0.3, 0.4) is 0 Å². The molecule has 3 heteroatoms. The van der Waals surface area contributed by atoms with Gasteiger partial charge in [0.25, 0.3) is 0 Å². The summed E-state index contributed by atoms with van der Waals surface area (Å²) in [7, 11) is 0. The maximum absolute atomic E-state index is 11.3. The third-order valence-electron chi connectivity index (χ3n) is 5.30. The molecule has 0 fully saturated rings. The molecular formula is C27H29ClO2. The van der Waals surface area contributed by atoms with Gasteiger partial charge in [-0.3, -0.25) is 4.79 Å². The predicted molar refractivity (Wildman–Crippen MR) is 127 cm³/mol. The largest absolute Gasteiger partial charge is 0.494 e. The van der Waals surface area contributed by atoms with Crippen LogP contribution in [0.15, 0.2) is 66.7 Å². The van der Waals surface area contributed by atoms with Crippen molar-refractivity contribution in [1.29, 1.82) is 0 Å². The second-order valence-electron chi connectivity index (χ2n) is 7.54. The zero-order valence-corrected chi connectivity index (χ0v) is 18.3. The van der Waals surface area contributed by atoms with Crippen LogP contribution in [0, 0.1) is 0 Å². The van der Waals surface area contributed by atoms with E-state index in [1.54, 1.807) is 6.07 Å². The van der Waals surface area contributed by atoms with Gasteiger partial charge in [-0.25, -0.2) is 0 Å². The van der Waals surface area contributed by atoms with Crippen molar-refractivity contribution in [2.45, 2.75) is 45.4 Å². The molecule has 2 nitrogen and oxygen atoms in total. The highest BCUT2D eigenvalue weighted by atomic mass is 35.5. The van der Waals surface area contributed by atoms with E-state index in [2.05, 4.69) is 19.1 Å². The van der Waals surface area contributed by atoms with Crippen LogP contribution in [-0.4, -0.2) is 12.9 Å². The Bertz CT molecular complexity index is 947. The fourth-order valence-electron chi connectivity index (χ4n) is 3.57. The van der Waals surface area contributed by atoms with Gasteiger partial charge in [0.1, 0.15) is 5.75 Å². The average molecular weight is 421 g/mol. The van der Waals surface area contributed by atoms with Gasteiger partial charge in [-0.1, -0.05) is 99.2 Å². The Kier molecular flexibility index (Phi) is 8.53. The summed E-state index contributed by atoms with van der Waals surface area (Å²) in [5.74, 6) is 0.898. The normalized spacial score (nSPS) is 10.7. The van der Waals surface area contributed by atoms with Crippen LogP contribution in [0.1, 0.15) is 55.8 Å². The van der Waals surface area contributed by atoms with E-state index in [-0.39, 0.29) is 0 Å². The van der Waals surface area contributed by atoms with Crippen molar-refractivity contribution in [2.75, 3.05) is 6.61 Å². The van der Waals surface area contributed by atoms with Gasteiger partial charge in [0.15, 0.2) is 6.29 Å². The zero-order valence-electron chi connectivity index (χ0n) is 17.6. The first-order chi connectivity index (χ1) is 14.7. The smallest absolute Gasteiger partial charge is 0.150 e. The van der Waals surface area contributed by atoms with E-state index in [9.17, 15) is 4.79 Å². The zero-order chi connectivity index (χ0) is 21.2. The summed E-state index contributed by atoms with van der Waals surface area (Å²) in [5, 5.41) is 0.630. The lowest BCUT2D eigenvalue weighted by molar-refractivity contribution is 0.112. The monoisotopic (exact) mass is 420 g/mol. The van der Waals surface area contributed by atoms with E-state index >= 15 is 0 Å². The summed E-state index contributed by atoms with van der Waals surface area (Å²) >= 11 is 6.56. The lowest BCUT2D eigenvalue weighted by Crippen LogP contribution is -1.97. The van der Waals surface area contributed by atoms with E-state index in [0.29, 0.717) is 10.6 Å². The molecule has 0 N–H and O–H groups in total. The Labute approximate surface area is 184 Å². The van der Waals surface area contributed by atoms with Gasteiger partial charge >= 0.3 is 0 Å². The molecule has 0 aliphatic carbocycles. The number of carbonyl (C=O) groups excluding carboxylic acids is 1. The minimum absolute atomic E-state index is 0.630. The average Bonchev–Trinajstić information content (AvgIpc) is 2.79. The summed E-state index contributed by atoms with van der Waals surface area (Å²) in [6.07, 6.45) is 8.43. The molecule has 0 bridgehead atoms. The number of benzene rings is 3. The van der Waals surface area contributed by atoms with Crippen LogP contribution in [-0.2, 0) is 0 Å². The first kappa shape index (κ1) is 22.1. The Morgan fingerprint density at radius 1 is 0.800 bits per heavy atom. The summed E-state index contributed by atoms with van der Waals surface area (Å²) in [5.41, 5.74) is 4.47. The molecule has 0 aromatic heterocycles. The molecule has 0 saturated heterocycles. The first-order valence-corrected chi connectivity index (χ1v) is 11.2. The van der Waals surface area contributed by atoms with E-state index < -0.39 is 0 Å². The lowest BCUT2D eigenvalue weighted by Gasteiger charge is -2.11. The number of rotatable bonds is 11. The number of hydrogen-bond donors (Lipinski definition) is 0. The molecule has 30 heavy (non-hydrogen) atoms. The van der Waals surface area contributed by atoms with Crippen molar-refractivity contribution in [2.24, 2.45) is 0 Å². The quantitative estimate of drug-likeness (QED) is 0.230. The summed E-state index contributed by atoms with van der Waals surface area (Å²) < 4.78 is 5.87. The van der Waals surface area contributed by atoms with Crippen molar-refractivity contribution < 1.29 is 9.53 Å². The van der Waals surface area contributed by atoms with E-state index in [1.165, 1.54) is 32.1 Å². The van der Waals surface area contributed by atoms with E-state index in [4.69, 9.17) is 16.3 Å². The molecule has 0 unspecified atom stereocenters. The molecule has 3 rings (SSSR count). The minimum Gasteiger partial charge on any atom is -0.494 e. The van der Waals surface area contributed by atoms with Crippen LogP contribution >= 0.6 is 11.6 Å². The van der Waals surface area contributed by atoms with Gasteiger partial charge in [0, 0.05) is 16.1 Å². The number of halogens is 1. The Balaban J connectivity index is 1.61. The van der Waals surface area contributed by atoms with Crippen LogP contribution in [0.4, 0.5) is 0 Å². The Hall–Kier alpha value is -2.58. The molecule has 0 heterocycles.